The SMILES string of the molecule is CNCCCN.NCCCNC(=O)CCOCC(COCCC=O)(COCCC(=O)NCCCN)NC(=O)CCCCCCCCCCC(=O)OCc1ccccc1. The van der Waals surface area contributed by atoms with Crippen LogP contribution in [0, 0.1) is 0 Å². The molecule has 0 heterocycles. The molecule has 3 amide bonds. The van der Waals surface area contributed by atoms with Gasteiger partial charge in [-0.1, -0.05) is 68.9 Å². The molecular weight excluding hydrogens is 747 g/mol. The number of nitrogens with one attached hydrogen (secondary N) is 4. The molecule has 0 unspecified atom stereocenters. The second-order valence-corrected chi connectivity index (χ2v) is 14.1. The van der Waals surface area contributed by atoms with Gasteiger partial charge in [0.05, 0.1) is 39.6 Å². The number of esters is 1. The van der Waals surface area contributed by atoms with E-state index in [0.29, 0.717) is 64.9 Å². The fraction of sp³-hybridized carbons (Fsp3) is 0.738. The largest absolute Gasteiger partial charge is 0.461 e. The molecule has 0 fully saturated rings. The van der Waals surface area contributed by atoms with Crippen LogP contribution in [0.1, 0.15) is 108 Å². The van der Waals surface area contributed by atoms with E-state index >= 15 is 0 Å². The lowest BCUT2D eigenvalue weighted by Crippen LogP contribution is -2.58. The van der Waals surface area contributed by atoms with Gasteiger partial charge < -0.3 is 62.2 Å². The molecule has 0 radical (unpaired) electrons. The molecule has 0 bridgehead atoms. The van der Waals surface area contributed by atoms with Crippen molar-refractivity contribution in [3.63, 3.8) is 0 Å². The van der Waals surface area contributed by atoms with Crippen molar-refractivity contribution >= 4 is 30.0 Å². The Kier molecular flexibility index (Phi) is 37.8. The van der Waals surface area contributed by atoms with Crippen molar-refractivity contribution in [3.05, 3.63) is 35.9 Å². The number of rotatable bonds is 38. The topological polar surface area (TPSA) is 248 Å². The molecule has 0 aliphatic carbocycles. The van der Waals surface area contributed by atoms with E-state index in [-0.39, 0.29) is 82.6 Å². The molecule has 58 heavy (non-hydrogen) atoms. The zero-order chi connectivity index (χ0) is 42.8. The molecule has 1 rings (SSSR count). The Morgan fingerprint density at radius 1 is 0.603 bits per heavy atom. The molecule has 1 aromatic carbocycles. The van der Waals surface area contributed by atoms with E-state index in [0.717, 1.165) is 76.3 Å². The third kappa shape index (κ3) is 34.5. The summed E-state index contributed by atoms with van der Waals surface area (Å²) in [4.78, 5) is 60.3. The minimum absolute atomic E-state index is 0.00333. The Bertz CT molecular complexity index is 1130. The van der Waals surface area contributed by atoms with Gasteiger partial charge in [-0.15, -0.1) is 0 Å². The summed E-state index contributed by atoms with van der Waals surface area (Å²) in [5, 5.41) is 11.6. The number of hydrogen-bond donors (Lipinski definition) is 7. The Morgan fingerprint density at radius 3 is 1.57 bits per heavy atom. The zero-order valence-corrected chi connectivity index (χ0v) is 35.4. The molecule has 16 nitrogen and oxygen atoms in total. The van der Waals surface area contributed by atoms with Gasteiger partial charge in [-0.05, 0) is 70.9 Å². The molecule has 0 saturated heterocycles. The maximum atomic E-state index is 13.2. The summed E-state index contributed by atoms with van der Waals surface area (Å²) in [6.45, 7) is 4.49. The van der Waals surface area contributed by atoms with Crippen molar-refractivity contribution in [1.82, 2.24) is 21.3 Å². The van der Waals surface area contributed by atoms with Gasteiger partial charge in [0.15, 0.2) is 0 Å². The van der Waals surface area contributed by atoms with E-state index < -0.39 is 5.54 Å². The third-order valence-corrected chi connectivity index (χ3v) is 8.68. The second kappa shape index (κ2) is 40.3. The Balaban J connectivity index is 0.00000499. The van der Waals surface area contributed by atoms with E-state index in [1.165, 1.54) is 0 Å². The summed E-state index contributed by atoms with van der Waals surface area (Å²) in [5.41, 5.74) is 16.0. The first kappa shape index (κ1) is 54.5. The molecule has 0 atom stereocenters. The molecule has 0 aliphatic rings. The number of carbonyl (C=O) groups excluding carboxylic acids is 5. The van der Waals surface area contributed by atoms with Crippen LogP contribution in [0.4, 0.5) is 0 Å². The van der Waals surface area contributed by atoms with Crippen LogP contribution in [0.15, 0.2) is 30.3 Å². The highest BCUT2D eigenvalue weighted by Crippen LogP contribution is 2.14. The Hall–Kier alpha value is -3.51. The summed E-state index contributed by atoms with van der Waals surface area (Å²) >= 11 is 0. The fourth-order valence-corrected chi connectivity index (χ4v) is 5.40. The minimum Gasteiger partial charge on any atom is -0.461 e. The van der Waals surface area contributed by atoms with E-state index in [1.807, 2.05) is 37.4 Å². The standard InChI is InChI=1S/C38H65N5O9.C4H12N2/c39-21-12-23-41-34(45)19-27-50-31-38(30-49-26-14-25-44,32-51-28-20-35(46)42-24-13-22-40)43-36(47)17-10-5-3-1-2-4-6-11-18-37(48)52-29-33-15-8-7-9-16-33;1-6-4-2-3-5/h7-9,15-16,25H,1-6,10-14,17-24,26-32,39-40H2,(H,41,45)(H,42,46)(H,43,47);6H,2-5H2,1H3. The van der Waals surface area contributed by atoms with Gasteiger partial charge in [0.2, 0.25) is 17.7 Å². The van der Waals surface area contributed by atoms with Crippen molar-refractivity contribution < 1.29 is 42.9 Å². The van der Waals surface area contributed by atoms with E-state index in [1.54, 1.807) is 0 Å². The molecule has 0 aliphatic heterocycles. The first-order valence-corrected chi connectivity index (χ1v) is 21.2. The van der Waals surface area contributed by atoms with Crippen molar-refractivity contribution in [2.45, 2.75) is 115 Å². The maximum Gasteiger partial charge on any atom is 0.306 e. The van der Waals surface area contributed by atoms with Crippen LogP contribution in [0.3, 0.4) is 0 Å². The first-order chi connectivity index (χ1) is 28.2. The fourth-order valence-electron chi connectivity index (χ4n) is 5.40. The van der Waals surface area contributed by atoms with E-state index in [2.05, 4.69) is 21.3 Å². The quantitative estimate of drug-likeness (QED) is 0.0288. The molecule has 0 saturated carbocycles. The van der Waals surface area contributed by atoms with Crippen molar-refractivity contribution in [1.29, 1.82) is 0 Å². The van der Waals surface area contributed by atoms with Gasteiger partial charge in [0, 0.05) is 45.2 Å². The van der Waals surface area contributed by atoms with Crippen LogP contribution in [0.2, 0.25) is 0 Å². The smallest absolute Gasteiger partial charge is 0.306 e. The van der Waals surface area contributed by atoms with Gasteiger partial charge in [-0.25, -0.2) is 0 Å². The van der Waals surface area contributed by atoms with Gasteiger partial charge >= 0.3 is 5.97 Å². The predicted molar refractivity (Wildman–Crippen MR) is 227 cm³/mol. The van der Waals surface area contributed by atoms with E-state index in [9.17, 15) is 24.0 Å². The molecular formula is C42H77N7O9. The van der Waals surface area contributed by atoms with Crippen molar-refractivity contribution in [3.8, 4) is 0 Å². The molecule has 1 aromatic rings. The number of carbonyl (C=O) groups is 5. The van der Waals surface area contributed by atoms with Gasteiger partial charge in [0.25, 0.3) is 0 Å². The van der Waals surface area contributed by atoms with Crippen LogP contribution in [-0.4, -0.2) is 121 Å². The average molecular weight is 824 g/mol. The van der Waals surface area contributed by atoms with E-state index in [4.69, 9.17) is 36.1 Å². The lowest BCUT2D eigenvalue weighted by atomic mass is 10.0. The number of nitrogens with two attached hydrogens (primary N) is 3. The van der Waals surface area contributed by atoms with Crippen LogP contribution < -0.4 is 38.5 Å². The Morgan fingerprint density at radius 2 is 1.09 bits per heavy atom. The number of amides is 3. The summed E-state index contributed by atoms with van der Waals surface area (Å²) in [5.74, 6) is -0.688. The first-order valence-electron chi connectivity index (χ1n) is 21.2. The maximum absolute atomic E-state index is 13.2. The molecule has 16 heteroatoms. The van der Waals surface area contributed by atoms with Crippen molar-refractivity contribution in [2.75, 3.05) is 86.0 Å². The molecule has 0 aromatic heterocycles. The van der Waals surface area contributed by atoms with Crippen LogP contribution in [-0.2, 0) is 49.5 Å². The molecule has 334 valence electrons. The summed E-state index contributed by atoms with van der Waals surface area (Å²) in [6.07, 6.45) is 11.9. The zero-order valence-electron chi connectivity index (χ0n) is 35.4. The number of aldehydes is 1. The van der Waals surface area contributed by atoms with Gasteiger partial charge in [-0.3, -0.25) is 19.2 Å². The summed E-state index contributed by atoms with van der Waals surface area (Å²) in [6, 6.07) is 9.64. The lowest BCUT2D eigenvalue weighted by molar-refractivity contribution is -0.145. The summed E-state index contributed by atoms with van der Waals surface area (Å²) < 4.78 is 22.8. The highest BCUT2D eigenvalue weighted by atomic mass is 16.5. The normalized spacial score (nSPS) is 11.0. The van der Waals surface area contributed by atoms with Crippen LogP contribution in [0.5, 0.6) is 0 Å². The lowest BCUT2D eigenvalue weighted by Gasteiger charge is -2.34. The summed E-state index contributed by atoms with van der Waals surface area (Å²) in [7, 11) is 1.93. The molecule has 10 N–H and O–H groups in total. The number of unbranched alkanes of at least 4 members (excludes halogenated alkanes) is 7. The highest BCUT2D eigenvalue weighted by Gasteiger charge is 2.33. The third-order valence-electron chi connectivity index (χ3n) is 8.68. The van der Waals surface area contributed by atoms with Gasteiger partial charge in [0.1, 0.15) is 18.4 Å². The van der Waals surface area contributed by atoms with Crippen LogP contribution in [0.25, 0.3) is 0 Å². The Labute approximate surface area is 347 Å². The van der Waals surface area contributed by atoms with Crippen molar-refractivity contribution in [2.24, 2.45) is 17.2 Å². The second-order valence-electron chi connectivity index (χ2n) is 14.1. The number of benzene rings is 1. The predicted octanol–water partition coefficient (Wildman–Crippen LogP) is 2.39. The minimum atomic E-state index is -1.10. The number of hydrogen-bond acceptors (Lipinski definition) is 13. The van der Waals surface area contributed by atoms with Crippen LogP contribution >= 0.6 is 0 Å². The average Bonchev–Trinajstić information content (AvgIpc) is 3.22. The number of ether oxygens (including phenoxy) is 4. The van der Waals surface area contributed by atoms with Gasteiger partial charge in [-0.2, -0.15) is 0 Å². The molecule has 0 spiro atoms. The monoisotopic (exact) mass is 824 g/mol. The highest BCUT2D eigenvalue weighted by molar-refractivity contribution is 5.77.